The Morgan fingerprint density at radius 2 is 2.06 bits per heavy atom. The molecule has 1 atom stereocenters. The molecule has 0 aliphatic rings. The van der Waals surface area contributed by atoms with E-state index in [1.807, 2.05) is 18.4 Å². The van der Waals surface area contributed by atoms with Crippen LogP contribution in [-0.2, 0) is 11.3 Å². The van der Waals surface area contributed by atoms with Crippen LogP contribution in [0, 0.1) is 6.92 Å². The minimum Gasteiger partial charge on any atom is -0.339 e. The zero-order chi connectivity index (χ0) is 14.1. The lowest BCUT2D eigenvalue weighted by atomic mass is 10.0. The van der Waals surface area contributed by atoms with E-state index in [2.05, 4.69) is 0 Å². The number of carbonyl (C=O) groups excluding carboxylic acids is 1. The summed E-state index contributed by atoms with van der Waals surface area (Å²) >= 11 is 1.40. The van der Waals surface area contributed by atoms with Gasteiger partial charge in [0.05, 0.1) is 6.54 Å². The van der Waals surface area contributed by atoms with Crippen LogP contribution >= 0.6 is 11.3 Å². The molecule has 3 nitrogen and oxygen atoms in total. The predicted molar refractivity (Wildman–Crippen MR) is 64.2 cm³/mol. The molecule has 102 valence electrons. The quantitative estimate of drug-likeness (QED) is 0.923. The second-order valence-electron chi connectivity index (χ2n) is 4.39. The summed E-state index contributed by atoms with van der Waals surface area (Å²) in [5.41, 5.74) is 3.19. The van der Waals surface area contributed by atoms with Crippen LogP contribution in [0.1, 0.15) is 17.4 Å². The summed E-state index contributed by atoms with van der Waals surface area (Å²) in [6, 6.07) is 1.85. The number of hydrogen-bond acceptors (Lipinski definition) is 3. The molecule has 0 radical (unpaired) electrons. The maximum atomic E-state index is 12.6. The minimum atomic E-state index is -4.76. The molecule has 0 aromatic carbocycles. The van der Waals surface area contributed by atoms with Crippen LogP contribution in [-0.4, -0.2) is 29.6 Å². The van der Waals surface area contributed by atoms with Crippen LogP contribution in [0.2, 0.25) is 0 Å². The second kappa shape index (κ2) is 4.89. The predicted octanol–water partition coefficient (Wildman–Crippen LogP) is 2.29. The third kappa shape index (κ3) is 2.84. The van der Waals surface area contributed by atoms with Crippen LogP contribution in [0.25, 0.3) is 0 Å². The first-order valence-electron chi connectivity index (χ1n) is 5.21. The first-order valence-corrected chi connectivity index (χ1v) is 6.09. The molecular weight excluding hydrogens is 265 g/mol. The third-order valence-corrected chi connectivity index (χ3v) is 3.74. The molecule has 7 heteroatoms. The monoisotopic (exact) mass is 280 g/mol. The van der Waals surface area contributed by atoms with Gasteiger partial charge in [0.25, 0.3) is 5.91 Å². The van der Waals surface area contributed by atoms with Gasteiger partial charge in [-0.1, -0.05) is 0 Å². The number of hydrogen-bond donors (Lipinski definition) is 1. The number of carbonyl (C=O) groups is 1. The lowest BCUT2D eigenvalue weighted by Crippen LogP contribution is -2.61. The maximum Gasteiger partial charge on any atom is 0.415 e. The molecule has 0 bridgehead atoms. The van der Waals surface area contributed by atoms with Gasteiger partial charge in [0.1, 0.15) is 0 Å². The minimum absolute atomic E-state index is 0.130. The van der Waals surface area contributed by atoms with Gasteiger partial charge in [-0.2, -0.15) is 13.2 Å². The van der Waals surface area contributed by atoms with E-state index in [4.69, 9.17) is 5.73 Å². The SMILES string of the molecule is Cc1ccsc1CN(C)C(=O)C(C)(N)C(F)(F)F. The van der Waals surface area contributed by atoms with E-state index in [9.17, 15) is 18.0 Å². The molecule has 1 rings (SSSR count). The van der Waals surface area contributed by atoms with E-state index in [0.717, 1.165) is 15.3 Å². The van der Waals surface area contributed by atoms with Gasteiger partial charge in [0.2, 0.25) is 0 Å². The lowest BCUT2D eigenvalue weighted by molar-refractivity contribution is -0.193. The van der Waals surface area contributed by atoms with E-state index in [-0.39, 0.29) is 6.54 Å². The number of rotatable bonds is 3. The summed E-state index contributed by atoms with van der Waals surface area (Å²) < 4.78 is 37.9. The molecule has 0 saturated heterocycles. The molecule has 2 N–H and O–H groups in total. The fourth-order valence-electron chi connectivity index (χ4n) is 1.37. The summed E-state index contributed by atoms with van der Waals surface area (Å²) in [7, 11) is 1.32. The highest BCUT2D eigenvalue weighted by atomic mass is 32.1. The van der Waals surface area contributed by atoms with Gasteiger partial charge in [-0.05, 0) is 30.9 Å². The molecule has 0 aliphatic heterocycles. The van der Waals surface area contributed by atoms with E-state index in [0.29, 0.717) is 6.92 Å². The summed E-state index contributed by atoms with van der Waals surface area (Å²) in [6.07, 6.45) is -4.76. The van der Waals surface area contributed by atoms with Crippen LogP contribution in [0.4, 0.5) is 13.2 Å². The zero-order valence-corrected chi connectivity index (χ0v) is 11.2. The highest BCUT2D eigenvalue weighted by Gasteiger charge is 2.54. The molecule has 0 spiro atoms. The van der Waals surface area contributed by atoms with Crippen LogP contribution < -0.4 is 5.73 Å². The van der Waals surface area contributed by atoms with E-state index in [1.54, 1.807) is 0 Å². The molecule has 0 fully saturated rings. The van der Waals surface area contributed by atoms with Gasteiger partial charge in [-0.3, -0.25) is 4.79 Å². The number of nitrogens with zero attached hydrogens (tertiary/aromatic N) is 1. The Morgan fingerprint density at radius 3 is 2.44 bits per heavy atom. The summed E-state index contributed by atoms with van der Waals surface area (Å²) in [4.78, 5) is 13.6. The van der Waals surface area contributed by atoms with Crippen molar-refractivity contribution in [3.8, 4) is 0 Å². The lowest BCUT2D eigenvalue weighted by Gasteiger charge is -2.30. The average Bonchev–Trinajstić information content (AvgIpc) is 2.61. The van der Waals surface area contributed by atoms with E-state index in [1.165, 1.54) is 18.4 Å². The highest BCUT2D eigenvalue weighted by Crippen LogP contribution is 2.30. The fourth-order valence-corrected chi connectivity index (χ4v) is 2.33. The number of alkyl halides is 3. The molecule has 1 amide bonds. The van der Waals surface area contributed by atoms with Gasteiger partial charge < -0.3 is 10.6 Å². The van der Waals surface area contributed by atoms with Crippen LogP contribution in [0.5, 0.6) is 0 Å². The number of halogens is 3. The Labute approximate surface area is 107 Å². The van der Waals surface area contributed by atoms with Gasteiger partial charge in [-0.25, -0.2) is 0 Å². The number of nitrogens with two attached hydrogens (primary N) is 1. The molecule has 1 unspecified atom stereocenters. The second-order valence-corrected chi connectivity index (χ2v) is 5.39. The van der Waals surface area contributed by atoms with Crippen molar-refractivity contribution in [2.45, 2.75) is 32.1 Å². The van der Waals surface area contributed by atoms with Gasteiger partial charge >= 0.3 is 6.18 Å². The van der Waals surface area contributed by atoms with Crippen molar-refractivity contribution >= 4 is 17.2 Å². The van der Waals surface area contributed by atoms with Gasteiger partial charge in [0, 0.05) is 11.9 Å². The molecule has 1 aromatic heterocycles. The van der Waals surface area contributed by atoms with Crippen molar-refractivity contribution in [1.82, 2.24) is 4.90 Å². The summed E-state index contributed by atoms with van der Waals surface area (Å²) in [5.74, 6) is -1.14. The molecule has 1 heterocycles. The maximum absolute atomic E-state index is 12.6. The zero-order valence-electron chi connectivity index (χ0n) is 10.3. The Kier molecular flexibility index (Phi) is 4.07. The summed E-state index contributed by atoms with van der Waals surface area (Å²) in [6.45, 7) is 2.66. The Morgan fingerprint density at radius 1 is 1.50 bits per heavy atom. The van der Waals surface area contributed by atoms with Crippen molar-refractivity contribution < 1.29 is 18.0 Å². The van der Waals surface area contributed by atoms with Crippen molar-refractivity contribution in [3.05, 3.63) is 21.9 Å². The average molecular weight is 280 g/mol. The molecule has 0 saturated carbocycles. The van der Waals surface area contributed by atoms with E-state index >= 15 is 0 Å². The van der Waals surface area contributed by atoms with Gasteiger partial charge in [-0.15, -0.1) is 11.3 Å². The number of likely N-dealkylation sites (N-methyl/N-ethyl adjacent to an activating group) is 1. The smallest absolute Gasteiger partial charge is 0.339 e. The standard InChI is InChI=1S/C11H15F3N2OS/c1-7-4-5-18-8(7)6-16(3)9(17)10(2,15)11(12,13)14/h4-5H,6,15H2,1-3H3. The first kappa shape index (κ1) is 15.0. The van der Waals surface area contributed by atoms with Crippen LogP contribution in [0.15, 0.2) is 11.4 Å². The summed E-state index contributed by atoms with van der Waals surface area (Å²) in [5, 5.41) is 1.83. The fraction of sp³-hybridized carbons (Fsp3) is 0.545. The first-order chi connectivity index (χ1) is 8.07. The number of aryl methyl sites for hydroxylation is 1. The molecule has 0 aliphatic carbocycles. The van der Waals surface area contributed by atoms with Gasteiger partial charge in [0.15, 0.2) is 5.54 Å². The Balaban J connectivity index is 2.83. The molecule has 1 aromatic rings. The normalized spacial score (nSPS) is 15.3. The van der Waals surface area contributed by atoms with Crippen molar-refractivity contribution in [2.24, 2.45) is 5.73 Å². The van der Waals surface area contributed by atoms with Crippen molar-refractivity contribution in [1.29, 1.82) is 0 Å². The topological polar surface area (TPSA) is 46.3 Å². The molecule has 18 heavy (non-hydrogen) atoms. The van der Waals surface area contributed by atoms with E-state index < -0.39 is 17.6 Å². The number of amides is 1. The van der Waals surface area contributed by atoms with Crippen molar-refractivity contribution in [2.75, 3.05) is 7.05 Å². The third-order valence-electron chi connectivity index (χ3n) is 2.73. The number of thiophene rings is 1. The Hall–Kier alpha value is -1.08. The highest BCUT2D eigenvalue weighted by molar-refractivity contribution is 7.10. The van der Waals surface area contributed by atoms with Crippen LogP contribution in [0.3, 0.4) is 0 Å². The largest absolute Gasteiger partial charge is 0.415 e. The Bertz CT molecular complexity index is 440. The molecular formula is C11H15F3N2OS. The van der Waals surface area contributed by atoms with Crippen molar-refractivity contribution in [3.63, 3.8) is 0 Å².